The van der Waals surface area contributed by atoms with Crippen molar-refractivity contribution in [3.8, 4) is 0 Å². The summed E-state index contributed by atoms with van der Waals surface area (Å²) >= 11 is 0. The van der Waals surface area contributed by atoms with Gasteiger partial charge in [0.2, 0.25) is 0 Å². The molecule has 0 spiro atoms. The second-order valence-electron chi connectivity index (χ2n) is 4.82. The number of Topliss-reactive ketones (excluding diaryl/α,β-unsaturated/α-hetero) is 1. The minimum absolute atomic E-state index is 0.139. The number of carboxylic acid groups (broad SMARTS) is 1. The lowest BCUT2D eigenvalue weighted by atomic mass is 10.1. The molecule has 0 saturated carbocycles. The van der Waals surface area contributed by atoms with Crippen LogP contribution in [0.25, 0.3) is 0 Å². The quantitative estimate of drug-likeness (QED) is 0.758. The Hall–Kier alpha value is -3.42. The number of pyridine rings is 1. The summed E-state index contributed by atoms with van der Waals surface area (Å²) in [6.45, 7) is 0.902. The van der Waals surface area contributed by atoms with Crippen LogP contribution < -0.4 is 15.7 Å². The van der Waals surface area contributed by atoms with Crippen molar-refractivity contribution in [2.45, 2.75) is 6.92 Å². The third kappa shape index (κ3) is 4.07. The molecule has 0 fully saturated rings. The average molecular weight is 330 g/mol. The molecule has 0 aliphatic rings. The first-order valence-corrected chi connectivity index (χ1v) is 6.87. The van der Waals surface area contributed by atoms with E-state index < -0.39 is 29.6 Å². The molecule has 0 aliphatic heterocycles. The zero-order valence-corrected chi connectivity index (χ0v) is 12.7. The maximum atomic E-state index is 11.8. The predicted octanol–water partition coefficient (Wildman–Crippen LogP) is 0.816. The zero-order valence-electron chi connectivity index (χ0n) is 12.7. The highest BCUT2D eigenvalue weighted by molar-refractivity contribution is 5.97. The minimum Gasteiger partial charge on any atom is -0.477 e. The summed E-state index contributed by atoms with van der Waals surface area (Å²) in [5, 5.41) is 11.4. The summed E-state index contributed by atoms with van der Waals surface area (Å²) in [7, 11) is 0. The molecule has 0 saturated heterocycles. The van der Waals surface area contributed by atoms with Crippen LogP contribution >= 0.6 is 0 Å². The molecule has 8 nitrogen and oxygen atoms in total. The minimum atomic E-state index is -1.39. The van der Waals surface area contributed by atoms with Crippen molar-refractivity contribution in [1.29, 1.82) is 0 Å². The molecule has 1 aromatic carbocycles. The van der Waals surface area contributed by atoms with Crippen LogP contribution in [0.2, 0.25) is 0 Å². The zero-order chi connectivity index (χ0) is 17.7. The number of amides is 1. The summed E-state index contributed by atoms with van der Waals surface area (Å²) in [6.07, 6.45) is 1.21. The van der Waals surface area contributed by atoms with Crippen LogP contribution in [0, 0.1) is 0 Å². The van der Waals surface area contributed by atoms with Crippen molar-refractivity contribution in [2.75, 3.05) is 11.9 Å². The third-order valence-electron chi connectivity index (χ3n) is 3.03. The Balaban J connectivity index is 2.03. The Morgan fingerprint density at radius 1 is 1.21 bits per heavy atom. The molecule has 0 unspecified atom stereocenters. The lowest BCUT2D eigenvalue weighted by Gasteiger charge is -2.09. The number of nitrogens with one attached hydrogen (secondary N) is 1. The number of carbonyl (C=O) groups excluding carboxylic acids is 2. The Morgan fingerprint density at radius 3 is 2.62 bits per heavy atom. The van der Waals surface area contributed by atoms with Crippen LogP contribution in [0.15, 0.2) is 47.4 Å². The number of aromatic carboxylic acids is 1. The Labute approximate surface area is 136 Å². The number of hydrogen-bond acceptors (Lipinski definition) is 5. The van der Waals surface area contributed by atoms with E-state index in [1.165, 1.54) is 25.3 Å². The molecule has 1 heterocycles. The SMILES string of the molecule is CC(=O)c1cccc(NC(=O)COn2cccc(C(=O)O)c2=O)c1. The van der Waals surface area contributed by atoms with Gasteiger partial charge >= 0.3 is 5.97 Å². The highest BCUT2D eigenvalue weighted by Crippen LogP contribution is 2.10. The lowest BCUT2D eigenvalue weighted by molar-refractivity contribution is -0.120. The van der Waals surface area contributed by atoms with Gasteiger partial charge in [-0.1, -0.05) is 12.1 Å². The van der Waals surface area contributed by atoms with E-state index in [9.17, 15) is 19.2 Å². The van der Waals surface area contributed by atoms with Gasteiger partial charge in [0, 0.05) is 17.4 Å². The number of carbonyl (C=O) groups is 3. The first kappa shape index (κ1) is 16.9. The van der Waals surface area contributed by atoms with Crippen molar-refractivity contribution in [3.05, 3.63) is 64.1 Å². The van der Waals surface area contributed by atoms with Crippen molar-refractivity contribution < 1.29 is 24.3 Å². The van der Waals surface area contributed by atoms with Gasteiger partial charge in [-0.2, -0.15) is 4.73 Å². The number of ketones is 1. The van der Waals surface area contributed by atoms with Gasteiger partial charge in [0.05, 0.1) is 0 Å². The highest BCUT2D eigenvalue weighted by Gasteiger charge is 2.12. The normalized spacial score (nSPS) is 10.0. The number of aromatic nitrogens is 1. The smallest absolute Gasteiger partial charge is 0.341 e. The van der Waals surface area contributed by atoms with Gasteiger partial charge in [-0.3, -0.25) is 14.4 Å². The molecule has 0 atom stereocenters. The molecule has 2 rings (SSSR count). The number of carboxylic acids is 1. The highest BCUT2D eigenvalue weighted by atomic mass is 16.7. The van der Waals surface area contributed by atoms with Gasteiger partial charge < -0.3 is 15.3 Å². The molecule has 24 heavy (non-hydrogen) atoms. The number of nitrogens with zero attached hydrogens (tertiary/aromatic N) is 1. The maximum absolute atomic E-state index is 11.8. The monoisotopic (exact) mass is 330 g/mol. The van der Waals surface area contributed by atoms with Crippen molar-refractivity contribution in [1.82, 2.24) is 4.73 Å². The largest absolute Gasteiger partial charge is 0.477 e. The van der Waals surface area contributed by atoms with E-state index in [4.69, 9.17) is 9.94 Å². The number of rotatable bonds is 6. The molecular formula is C16H14N2O6. The van der Waals surface area contributed by atoms with Gasteiger partial charge in [0.25, 0.3) is 11.5 Å². The van der Waals surface area contributed by atoms with E-state index in [0.29, 0.717) is 16.0 Å². The molecule has 2 aromatic rings. The summed E-state index contributed by atoms with van der Waals surface area (Å²) in [6, 6.07) is 8.80. The fraction of sp³-hybridized carbons (Fsp3) is 0.125. The standard InChI is InChI=1S/C16H14N2O6/c1-10(19)11-4-2-5-12(8-11)17-14(20)9-24-18-7-3-6-13(15(18)21)16(22)23/h2-8H,9H2,1H3,(H,17,20)(H,22,23). The van der Waals surface area contributed by atoms with Crippen LogP contribution in [0.3, 0.4) is 0 Å². The maximum Gasteiger partial charge on any atom is 0.341 e. The molecule has 124 valence electrons. The van der Waals surface area contributed by atoms with Crippen LogP contribution in [0.5, 0.6) is 0 Å². The van der Waals surface area contributed by atoms with Crippen LogP contribution in [-0.4, -0.2) is 34.1 Å². The van der Waals surface area contributed by atoms with E-state index >= 15 is 0 Å². The van der Waals surface area contributed by atoms with E-state index in [2.05, 4.69) is 5.32 Å². The van der Waals surface area contributed by atoms with Crippen molar-refractivity contribution >= 4 is 23.3 Å². The van der Waals surface area contributed by atoms with E-state index in [-0.39, 0.29) is 5.78 Å². The first-order valence-electron chi connectivity index (χ1n) is 6.87. The number of benzene rings is 1. The van der Waals surface area contributed by atoms with Gasteiger partial charge in [0.15, 0.2) is 12.4 Å². The molecule has 1 amide bonds. The molecule has 8 heteroatoms. The molecule has 0 bridgehead atoms. The van der Waals surface area contributed by atoms with Crippen LogP contribution in [-0.2, 0) is 4.79 Å². The van der Waals surface area contributed by atoms with Gasteiger partial charge in [-0.15, -0.1) is 0 Å². The summed E-state index contributed by atoms with van der Waals surface area (Å²) < 4.78 is 0.676. The lowest BCUT2D eigenvalue weighted by Crippen LogP contribution is -2.34. The topological polar surface area (TPSA) is 115 Å². The first-order chi connectivity index (χ1) is 11.4. The van der Waals surface area contributed by atoms with E-state index in [0.717, 1.165) is 6.07 Å². The van der Waals surface area contributed by atoms with Gasteiger partial charge in [-0.25, -0.2) is 4.79 Å². The Kier molecular flexibility index (Phi) is 5.10. The predicted molar refractivity (Wildman–Crippen MR) is 84.2 cm³/mol. The molecule has 1 aromatic heterocycles. The summed E-state index contributed by atoms with van der Waals surface area (Å²) in [5.74, 6) is -2.09. The third-order valence-corrected chi connectivity index (χ3v) is 3.03. The summed E-state index contributed by atoms with van der Waals surface area (Å²) in [4.78, 5) is 50.8. The number of anilines is 1. The molecule has 2 N–H and O–H groups in total. The fourth-order valence-corrected chi connectivity index (χ4v) is 1.88. The molecule has 0 radical (unpaired) electrons. The Bertz CT molecular complexity index is 856. The van der Waals surface area contributed by atoms with Crippen molar-refractivity contribution in [2.24, 2.45) is 0 Å². The second kappa shape index (κ2) is 7.23. The van der Waals surface area contributed by atoms with Gasteiger partial charge in [0.1, 0.15) is 5.56 Å². The van der Waals surface area contributed by atoms with Crippen LogP contribution in [0.1, 0.15) is 27.6 Å². The van der Waals surface area contributed by atoms with Gasteiger partial charge in [-0.05, 0) is 31.2 Å². The molecule has 0 aliphatic carbocycles. The van der Waals surface area contributed by atoms with Crippen LogP contribution in [0.4, 0.5) is 5.69 Å². The van der Waals surface area contributed by atoms with E-state index in [1.54, 1.807) is 18.2 Å². The second-order valence-corrected chi connectivity index (χ2v) is 4.82. The fourth-order valence-electron chi connectivity index (χ4n) is 1.88. The average Bonchev–Trinajstić information content (AvgIpc) is 2.53. The van der Waals surface area contributed by atoms with E-state index in [1.807, 2.05) is 0 Å². The molecular weight excluding hydrogens is 316 g/mol. The number of hydrogen-bond donors (Lipinski definition) is 2. The van der Waals surface area contributed by atoms with Crippen molar-refractivity contribution in [3.63, 3.8) is 0 Å². The summed E-state index contributed by atoms with van der Waals surface area (Å²) in [5.41, 5.74) is -0.495. The Morgan fingerprint density at radius 2 is 1.96 bits per heavy atom.